The maximum atomic E-state index is 12.8. The molecule has 8 nitrogen and oxygen atoms in total. The Morgan fingerprint density at radius 1 is 1.15 bits per heavy atom. The molecule has 3 aromatic heterocycles. The van der Waals surface area contributed by atoms with Gasteiger partial charge in [0.05, 0.1) is 22.8 Å². The number of amides is 2. The zero-order valence-corrected chi connectivity index (χ0v) is 20.0. The number of hydrogen-bond acceptors (Lipinski definition) is 7. The van der Waals surface area contributed by atoms with Gasteiger partial charge in [0.2, 0.25) is 11.3 Å². The molecule has 2 amide bonds. The molecule has 0 unspecified atom stereocenters. The van der Waals surface area contributed by atoms with Gasteiger partial charge >= 0.3 is 0 Å². The molecule has 11 heteroatoms. The standard InChI is InChI=1S/C22H18ClN5O3S2/c1-12-9-18(30)20(27-28(12)15-5-3-14(23)4-6-15)21(31)26-22-25-17(11-32-22)19-8-7-16(33-19)10-24-13(2)29/h3-9,11H,10H2,1-2H3,(H,24,29)(H,25,26,31). The summed E-state index contributed by atoms with van der Waals surface area (Å²) in [5, 5.41) is 12.4. The Bertz CT molecular complexity index is 1390. The zero-order chi connectivity index (χ0) is 23.5. The lowest BCUT2D eigenvalue weighted by Gasteiger charge is -2.11. The van der Waals surface area contributed by atoms with Crippen LogP contribution >= 0.6 is 34.3 Å². The summed E-state index contributed by atoms with van der Waals surface area (Å²) < 4.78 is 1.52. The second kappa shape index (κ2) is 9.65. The molecule has 0 spiro atoms. The highest BCUT2D eigenvalue weighted by Gasteiger charge is 2.17. The van der Waals surface area contributed by atoms with E-state index in [0.717, 1.165) is 9.75 Å². The highest BCUT2D eigenvalue weighted by Crippen LogP contribution is 2.31. The maximum Gasteiger partial charge on any atom is 0.281 e. The van der Waals surface area contributed by atoms with Crippen molar-refractivity contribution in [2.75, 3.05) is 5.32 Å². The van der Waals surface area contributed by atoms with Gasteiger partial charge in [-0.25, -0.2) is 9.67 Å². The van der Waals surface area contributed by atoms with Crippen LogP contribution < -0.4 is 16.1 Å². The van der Waals surface area contributed by atoms with Crippen LogP contribution in [0.5, 0.6) is 0 Å². The van der Waals surface area contributed by atoms with E-state index in [0.29, 0.717) is 33.8 Å². The van der Waals surface area contributed by atoms with Crippen LogP contribution in [0.4, 0.5) is 5.13 Å². The summed E-state index contributed by atoms with van der Waals surface area (Å²) in [5.41, 5.74) is 1.25. The van der Waals surface area contributed by atoms with Crippen molar-refractivity contribution in [1.82, 2.24) is 20.1 Å². The summed E-state index contributed by atoms with van der Waals surface area (Å²) in [5.74, 6) is -0.732. The Morgan fingerprint density at radius 2 is 1.91 bits per heavy atom. The number of carbonyl (C=O) groups is 2. The number of hydrogen-bond donors (Lipinski definition) is 2. The highest BCUT2D eigenvalue weighted by molar-refractivity contribution is 7.17. The number of nitrogens with zero attached hydrogens (tertiary/aromatic N) is 3. The number of nitrogens with one attached hydrogen (secondary N) is 2. The van der Waals surface area contributed by atoms with Crippen molar-refractivity contribution >= 4 is 51.2 Å². The first-order valence-electron chi connectivity index (χ1n) is 9.77. The van der Waals surface area contributed by atoms with E-state index in [4.69, 9.17) is 11.6 Å². The molecule has 3 heterocycles. The summed E-state index contributed by atoms with van der Waals surface area (Å²) in [6.07, 6.45) is 0. The fourth-order valence-electron chi connectivity index (χ4n) is 2.97. The van der Waals surface area contributed by atoms with Crippen molar-refractivity contribution in [3.8, 4) is 16.3 Å². The first-order valence-corrected chi connectivity index (χ1v) is 11.8. The van der Waals surface area contributed by atoms with E-state index in [1.54, 1.807) is 31.2 Å². The van der Waals surface area contributed by atoms with E-state index in [9.17, 15) is 14.4 Å². The number of benzene rings is 1. The van der Waals surface area contributed by atoms with Crippen LogP contribution in [0, 0.1) is 6.92 Å². The lowest BCUT2D eigenvalue weighted by Crippen LogP contribution is -2.26. The molecule has 0 radical (unpaired) electrons. The topological polar surface area (TPSA) is 106 Å². The Labute approximate surface area is 201 Å². The van der Waals surface area contributed by atoms with E-state index in [1.807, 2.05) is 17.5 Å². The molecule has 0 saturated heterocycles. The molecule has 2 N–H and O–H groups in total. The van der Waals surface area contributed by atoms with E-state index in [1.165, 1.54) is 40.3 Å². The quantitative estimate of drug-likeness (QED) is 0.412. The fraction of sp³-hybridized carbons (Fsp3) is 0.136. The third kappa shape index (κ3) is 5.36. The van der Waals surface area contributed by atoms with Crippen LogP contribution in [0.1, 0.15) is 28.0 Å². The summed E-state index contributed by atoms with van der Waals surface area (Å²) in [4.78, 5) is 42.7. The number of thiophene rings is 1. The Kier molecular flexibility index (Phi) is 6.68. The number of carbonyl (C=O) groups excluding carboxylic acids is 2. The first kappa shape index (κ1) is 22.8. The van der Waals surface area contributed by atoms with Crippen LogP contribution in [0.25, 0.3) is 16.3 Å². The van der Waals surface area contributed by atoms with Crippen LogP contribution in [0.3, 0.4) is 0 Å². The van der Waals surface area contributed by atoms with E-state index in [-0.39, 0.29) is 11.6 Å². The molecule has 168 valence electrons. The van der Waals surface area contributed by atoms with Gasteiger partial charge in [-0.2, -0.15) is 5.10 Å². The minimum atomic E-state index is -0.638. The van der Waals surface area contributed by atoms with Gasteiger partial charge in [-0.1, -0.05) is 11.6 Å². The van der Waals surface area contributed by atoms with Crippen LogP contribution in [-0.4, -0.2) is 26.6 Å². The summed E-state index contributed by atoms with van der Waals surface area (Å²) in [6, 6.07) is 12.1. The normalized spacial score (nSPS) is 10.8. The lowest BCUT2D eigenvalue weighted by molar-refractivity contribution is -0.119. The predicted octanol–water partition coefficient (Wildman–Crippen LogP) is 4.27. The van der Waals surface area contributed by atoms with Crippen molar-refractivity contribution < 1.29 is 9.59 Å². The lowest BCUT2D eigenvalue weighted by atomic mass is 10.2. The number of aromatic nitrogens is 3. The van der Waals surface area contributed by atoms with Crippen molar-refractivity contribution in [1.29, 1.82) is 0 Å². The van der Waals surface area contributed by atoms with Gasteiger partial charge in [0, 0.05) is 34.0 Å². The number of aryl methyl sites for hydroxylation is 1. The van der Waals surface area contributed by atoms with Gasteiger partial charge in [0.1, 0.15) is 0 Å². The van der Waals surface area contributed by atoms with Gasteiger partial charge < -0.3 is 5.32 Å². The van der Waals surface area contributed by atoms with Gasteiger partial charge in [-0.05, 0) is 43.3 Å². The highest BCUT2D eigenvalue weighted by atomic mass is 35.5. The maximum absolute atomic E-state index is 12.8. The molecule has 0 fully saturated rings. The molecule has 0 aliphatic carbocycles. The molecule has 0 atom stereocenters. The molecule has 1 aromatic carbocycles. The Balaban J connectivity index is 1.53. The monoisotopic (exact) mass is 499 g/mol. The van der Waals surface area contributed by atoms with E-state index in [2.05, 4.69) is 20.7 Å². The molecule has 0 saturated carbocycles. The van der Waals surface area contributed by atoms with Gasteiger partial charge in [-0.15, -0.1) is 22.7 Å². The second-order valence-corrected chi connectivity index (χ2v) is 9.52. The Hall–Kier alpha value is -3.34. The van der Waals surface area contributed by atoms with Gasteiger partial charge in [0.25, 0.3) is 5.91 Å². The van der Waals surface area contributed by atoms with Crippen molar-refractivity contribution in [3.05, 3.63) is 79.4 Å². The Morgan fingerprint density at radius 3 is 2.64 bits per heavy atom. The molecule has 4 aromatic rings. The van der Waals surface area contributed by atoms with E-state index < -0.39 is 11.3 Å². The summed E-state index contributed by atoms with van der Waals surface area (Å²) >= 11 is 8.70. The molecule has 4 rings (SSSR count). The predicted molar refractivity (Wildman–Crippen MR) is 130 cm³/mol. The largest absolute Gasteiger partial charge is 0.351 e. The number of halogens is 1. The number of thiazole rings is 1. The molecular formula is C22H18ClN5O3S2. The molecule has 0 bridgehead atoms. The smallest absolute Gasteiger partial charge is 0.281 e. The van der Waals surface area contributed by atoms with Crippen LogP contribution in [-0.2, 0) is 11.3 Å². The summed E-state index contributed by atoms with van der Waals surface area (Å²) in [7, 11) is 0. The third-order valence-corrected chi connectivity index (χ3v) is 6.66. The van der Waals surface area contributed by atoms with Crippen LogP contribution in [0.15, 0.2) is 52.6 Å². The SMILES string of the molecule is CC(=O)NCc1ccc(-c2csc(NC(=O)c3nn(-c4ccc(Cl)cc4)c(C)cc3=O)n2)s1. The van der Waals surface area contributed by atoms with Crippen molar-refractivity contribution in [3.63, 3.8) is 0 Å². The second-order valence-electron chi connectivity index (χ2n) is 7.05. The number of anilines is 1. The zero-order valence-electron chi connectivity index (χ0n) is 17.6. The average Bonchev–Trinajstić information content (AvgIpc) is 3.42. The molecule has 0 aliphatic heterocycles. The van der Waals surface area contributed by atoms with Gasteiger partial charge in [0.15, 0.2) is 10.8 Å². The minimum absolute atomic E-state index is 0.0940. The molecule has 33 heavy (non-hydrogen) atoms. The summed E-state index contributed by atoms with van der Waals surface area (Å²) in [6.45, 7) is 3.66. The van der Waals surface area contributed by atoms with E-state index >= 15 is 0 Å². The van der Waals surface area contributed by atoms with Crippen LogP contribution in [0.2, 0.25) is 5.02 Å². The first-order chi connectivity index (χ1) is 15.8. The minimum Gasteiger partial charge on any atom is -0.351 e. The fourth-order valence-corrected chi connectivity index (χ4v) is 4.79. The van der Waals surface area contributed by atoms with Crippen molar-refractivity contribution in [2.24, 2.45) is 0 Å². The van der Waals surface area contributed by atoms with Gasteiger partial charge in [-0.3, -0.25) is 19.7 Å². The molecule has 0 aliphatic rings. The molecular weight excluding hydrogens is 482 g/mol. The number of rotatable bonds is 6. The van der Waals surface area contributed by atoms with Crippen molar-refractivity contribution in [2.45, 2.75) is 20.4 Å². The average molecular weight is 500 g/mol. The third-order valence-electron chi connectivity index (χ3n) is 4.54.